The minimum atomic E-state index is -0.0648. The van der Waals surface area contributed by atoms with E-state index in [2.05, 4.69) is 15.2 Å². The Kier molecular flexibility index (Phi) is 6.61. The van der Waals surface area contributed by atoms with E-state index in [9.17, 15) is 4.79 Å². The Balaban J connectivity index is 0.00000220. The molecule has 0 atom stereocenters. The summed E-state index contributed by atoms with van der Waals surface area (Å²) in [6, 6.07) is 7.63. The van der Waals surface area contributed by atoms with E-state index in [0.29, 0.717) is 10.7 Å². The van der Waals surface area contributed by atoms with E-state index in [0.717, 1.165) is 23.5 Å². The van der Waals surface area contributed by atoms with Gasteiger partial charge >= 0.3 is 0 Å². The molecule has 0 aliphatic carbocycles. The van der Waals surface area contributed by atoms with Crippen molar-refractivity contribution < 1.29 is 4.79 Å². The molecule has 1 aromatic carbocycles. The van der Waals surface area contributed by atoms with Gasteiger partial charge in [-0.1, -0.05) is 12.1 Å². The number of carbonyl (C=O) groups is 1. The number of nitrogens with zero attached hydrogens (tertiary/aromatic N) is 2. The summed E-state index contributed by atoms with van der Waals surface area (Å²) in [4.78, 5) is 18.8. The zero-order chi connectivity index (χ0) is 14.5. The summed E-state index contributed by atoms with van der Waals surface area (Å²) < 4.78 is 0. The molecule has 21 heavy (non-hydrogen) atoms. The van der Waals surface area contributed by atoms with Gasteiger partial charge in [0, 0.05) is 36.8 Å². The minimum absolute atomic E-state index is 0. The number of hydrogen-bond donors (Lipinski definition) is 2. The molecule has 5 nitrogen and oxygen atoms in total. The maximum atomic E-state index is 11.5. The van der Waals surface area contributed by atoms with Gasteiger partial charge in [0.25, 0.3) is 5.91 Å². The van der Waals surface area contributed by atoms with Gasteiger partial charge in [0.15, 0.2) is 5.13 Å². The fourth-order valence-electron chi connectivity index (χ4n) is 1.94. The van der Waals surface area contributed by atoms with Gasteiger partial charge in [0.1, 0.15) is 0 Å². The summed E-state index contributed by atoms with van der Waals surface area (Å²) in [5, 5.41) is 3.21. The molecule has 0 saturated carbocycles. The van der Waals surface area contributed by atoms with Crippen LogP contribution in [0.4, 0.5) is 5.13 Å². The minimum Gasteiger partial charge on any atom is -0.375 e. The summed E-state index contributed by atoms with van der Waals surface area (Å²) in [6.07, 6.45) is 1.81. The van der Waals surface area contributed by atoms with Crippen molar-refractivity contribution in [1.29, 1.82) is 0 Å². The second kappa shape index (κ2) is 7.97. The van der Waals surface area contributed by atoms with Crippen LogP contribution in [0.1, 0.15) is 20.8 Å². The number of aromatic nitrogens is 1. The first-order valence-electron chi connectivity index (χ1n) is 6.28. The lowest BCUT2D eigenvalue weighted by Gasteiger charge is -2.15. The lowest BCUT2D eigenvalue weighted by atomic mass is 10.1. The zero-order valence-corrected chi connectivity index (χ0v) is 13.6. The number of nitrogens with one attached hydrogen (secondary N) is 1. The zero-order valence-electron chi connectivity index (χ0n) is 12.0. The van der Waals surface area contributed by atoms with Crippen molar-refractivity contribution in [2.75, 3.05) is 19.8 Å². The molecule has 0 saturated heterocycles. The van der Waals surface area contributed by atoms with Gasteiger partial charge in [-0.2, -0.15) is 0 Å². The summed E-state index contributed by atoms with van der Waals surface area (Å²) in [7, 11) is 3.67. The topological polar surface area (TPSA) is 71.2 Å². The van der Waals surface area contributed by atoms with E-state index in [-0.39, 0.29) is 18.3 Å². The van der Waals surface area contributed by atoms with Gasteiger partial charge in [0.2, 0.25) is 0 Å². The molecule has 3 N–H and O–H groups in total. The maximum Gasteiger partial charge on any atom is 0.251 e. The van der Waals surface area contributed by atoms with Crippen molar-refractivity contribution >= 4 is 34.8 Å². The number of benzene rings is 1. The number of anilines is 1. The van der Waals surface area contributed by atoms with E-state index >= 15 is 0 Å². The summed E-state index contributed by atoms with van der Waals surface area (Å²) >= 11 is 1.51. The predicted molar refractivity (Wildman–Crippen MR) is 88.8 cm³/mol. The first kappa shape index (κ1) is 17.4. The smallest absolute Gasteiger partial charge is 0.251 e. The standard InChI is InChI=1S/C14H18N4OS.ClH/c1-16-13(19)11-5-3-10(4-6-11)8-18(2)9-12-7-17-14(15)20-12;/h3-7H,8-9H2,1-2H3,(H2,15,17)(H,16,19);1H. The van der Waals surface area contributed by atoms with Gasteiger partial charge in [-0.15, -0.1) is 23.7 Å². The van der Waals surface area contributed by atoms with Crippen molar-refractivity contribution in [3.05, 3.63) is 46.5 Å². The Morgan fingerprint density at radius 2 is 2.00 bits per heavy atom. The fourth-order valence-corrected chi connectivity index (χ4v) is 2.70. The molecule has 0 spiro atoms. The van der Waals surface area contributed by atoms with Crippen LogP contribution in [0.25, 0.3) is 0 Å². The van der Waals surface area contributed by atoms with Crippen LogP contribution in [0.2, 0.25) is 0 Å². The Morgan fingerprint density at radius 1 is 1.33 bits per heavy atom. The predicted octanol–water partition coefficient (Wildman–Crippen LogP) is 2.14. The molecule has 7 heteroatoms. The maximum absolute atomic E-state index is 11.5. The van der Waals surface area contributed by atoms with Gasteiger partial charge < -0.3 is 11.1 Å². The quantitative estimate of drug-likeness (QED) is 0.883. The molecule has 2 aromatic rings. The summed E-state index contributed by atoms with van der Waals surface area (Å²) in [5.41, 5.74) is 7.46. The molecule has 0 unspecified atom stereocenters. The van der Waals surface area contributed by atoms with Crippen molar-refractivity contribution in [2.45, 2.75) is 13.1 Å². The number of hydrogen-bond acceptors (Lipinski definition) is 5. The molecule has 1 heterocycles. The molecule has 0 aliphatic rings. The Labute approximate surface area is 134 Å². The molecule has 2 rings (SSSR count). The van der Waals surface area contributed by atoms with Gasteiger partial charge in [-0.3, -0.25) is 9.69 Å². The van der Waals surface area contributed by atoms with E-state index in [1.807, 2.05) is 37.5 Å². The summed E-state index contributed by atoms with van der Waals surface area (Å²) in [5.74, 6) is -0.0648. The van der Waals surface area contributed by atoms with Crippen molar-refractivity contribution in [3.8, 4) is 0 Å². The highest BCUT2D eigenvalue weighted by molar-refractivity contribution is 7.15. The molecule has 114 valence electrons. The number of carbonyl (C=O) groups excluding carboxylic acids is 1. The van der Waals surface area contributed by atoms with Crippen LogP contribution in [-0.2, 0) is 13.1 Å². The molecule has 1 aromatic heterocycles. The van der Waals surface area contributed by atoms with Crippen molar-refractivity contribution in [1.82, 2.24) is 15.2 Å². The second-order valence-corrected chi connectivity index (χ2v) is 5.76. The van der Waals surface area contributed by atoms with E-state index in [4.69, 9.17) is 5.73 Å². The Bertz CT molecular complexity index is 585. The van der Waals surface area contributed by atoms with Crippen molar-refractivity contribution in [3.63, 3.8) is 0 Å². The van der Waals surface area contributed by atoms with Crippen LogP contribution < -0.4 is 11.1 Å². The Morgan fingerprint density at radius 3 is 2.52 bits per heavy atom. The SMILES string of the molecule is CNC(=O)c1ccc(CN(C)Cc2cnc(N)s2)cc1.Cl. The molecular formula is C14H19ClN4OS. The van der Waals surface area contributed by atoms with E-state index in [1.54, 1.807) is 7.05 Å². The molecular weight excluding hydrogens is 308 g/mol. The van der Waals surface area contributed by atoms with Gasteiger partial charge in [-0.05, 0) is 24.7 Å². The van der Waals surface area contributed by atoms with E-state index in [1.165, 1.54) is 11.3 Å². The molecule has 0 radical (unpaired) electrons. The highest BCUT2D eigenvalue weighted by atomic mass is 35.5. The van der Waals surface area contributed by atoms with Gasteiger partial charge in [0.05, 0.1) is 0 Å². The van der Waals surface area contributed by atoms with Crippen LogP contribution in [0.15, 0.2) is 30.5 Å². The van der Waals surface area contributed by atoms with Crippen LogP contribution in [0.3, 0.4) is 0 Å². The number of halogens is 1. The highest BCUT2D eigenvalue weighted by Gasteiger charge is 2.06. The number of nitrogens with two attached hydrogens (primary N) is 1. The number of rotatable bonds is 5. The third-order valence-electron chi connectivity index (χ3n) is 2.89. The molecule has 0 bridgehead atoms. The van der Waals surface area contributed by atoms with Crippen LogP contribution in [0, 0.1) is 0 Å². The number of thiazole rings is 1. The third kappa shape index (κ3) is 5.00. The highest BCUT2D eigenvalue weighted by Crippen LogP contribution is 2.17. The molecule has 0 aliphatic heterocycles. The van der Waals surface area contributed by atoms with Crippen LogP contribution >= 0.6 is 23.7 Å². The number of amides is 1. The fraction of sp³-hybridized carbons (Fsp3) is 0.286. The molecule has 0 fully saturated rings. The molecule has 1 amide bonds. The average Bonchev–Trinajstić information content (AvgIpc) is 2.84. The first-order valence-corrected chi connectivity index (χ1v) is 7.10. The average molecular weight is 327 g/mol. The van der Waals surface area contributed by atoms with Crippen LogP contribution in [0.5, 0.6) is 0 Å². The Hall–Kier alpha value is -1.63. The lowest BCUT2D eigenvalue weighted by molar-refractivity contribution is 0.0963. The van der Waals surface area contributed by atoms with E-state index < -0.39 is 0 Å². The van der Waals surface area contributed by atoms with Crippen LogP contribution in [-0.4, -0.2) is 29.9 Å². The summed E-state index contributed by atoms with van der Waals surface area (Å²) in [6.45, 7) is 1.62. The third-order valence-corrected chi connectivity index (χ3v) is 3.70. The lowest BCUT2D eigenvalue weighted by Crippen LogP contribution is -2.18. The normalized spacial score (nSPS) is 10.2. The largest absolute Gasteiger partial charge is 0.375 e. The second-order valence-electron chi connectivity index (χ2n) is 4.61. The van der Waals surface area contributed by atoms with Gasteiger partial charge in [-0.25, -0.2) is 4.98 Å². The number of nitrogen functional groups attached to an aromatic ring is 1. The van der Waals surface area contributed by atoms with Crippen molar-refractivity contribution in [2.24, 2.45) is 0 Å². The first-order chi connectivity index (χ1) is 9.58. The monoisotopic (exact) mass is 326 g/mol.